The van der Waals surface area contributed by atoms with Crippen molar-refractivity contribution in [2.24, 2.45) is 0 Å². The lowest BCUT2D eigenvalue weighted by Crippen LogP contribution is -2.43. The molecule has 15 heavy (non-hydrogen) atoms. The number of thioether (sulfide) groups is 1. The molecular formula is C8H15NO5S. The van der Waals surface area contributed by atoms with E-state index in [9.17, 15) is 9.59 Å². The highest BCUT2D eigenvalue weighted by Crippen LogP contribution is 2.01. The number of aliphatic hydroxyl groups excluding tert-OH is 1. The molecule has 0 bridgehead atoms. The Morgan fingerprint density at radius 1 is 1.33 bits per heavy atom. The summed E-state index contributed by atoms with van der Waals surface area (Å²) in [5.41, 5.74) is 0. The van der Waals surface area contributed by atoms with Crippen LogP contribution < -0.4 is 5.32 Å². The van der Waals surface area contributed by atoms with Crippen LogP contribution in [0.25, 0.3) is 0 Å². The van der Waals surface area contributed by atoms with Crippen LogP contribution in [0.2, 0.25) is 0 Å². The molecule has 0 saturated heterocycles. The van der Waals surface area contributed by atoms with Crippen LogP contribution in [0.4, 0.5) is 0 Å². The van der Waals surface area contributed by atoms with Crippen molar-refractivity contribution in [1.29, 1.82) is 0 Å². The second-order valence-electron chi connectivity index (χ2n) is 2.93. The zero-order valence-corrected chi connectivity index (χ0v) is 9.16. The minimum absolute atomic E-state index is 0.263. The maximum absolute atomic E-state index is 10.7. The van der Waals surface area contributed by atoms with E-state index in [0.29, 0.717) is 12.2 Å². The second kappa shape index (κ2) is 7.49. The maximum atomic E-state index is 10.7. The predicted octanol–water partition coefficient (Wildman–Crippen LogP) is -0.772. The average molecular weight is 237 g/mol. The number of hydrogen-bond donors (Lipinski definition) is 4. The van der Waals surface area contributed by atoms with E-state index in [4.69, 9.17) is 15.3 Å². The molecule has 0 rings (SSSR count). The molecule has 4 N–H and O–H groups in total. The van der Waals surface area contributed by atoms with Gasteiger partial charge in [-0.05, 0) is 18.4 Å². The van der Waals surface area contributed by atoms with Crippen LogP contribution in [0.5, 0.6) is 0 Å². The number of carboxylic acids is 2. The number of carboxylic acid groups (broad SMARTS) is 2. The monoisotopic (exact) mass is 237 g/mol. The number of aliphatic hydroxyl groups is 1. The van der Waals surface area contributed by atoms with Gasteiger partial charge in [-0.25, -0.2) is 4.79 Å². The Morgan fingerprint density at radius 2 is 1.93 bits per heavy atom. The summed E-state index contributed by atoms with van der Waals surface area (Å²) in [5, 5.41) is 28.5. The van der Waals surface area contributed by atoms with Gasteiger partial charge in [-0.2, -0.15) is 11.8 Å². The first-order valence-corrected chi connectivity index (χ1v) is 5.74. The highest BCUT2D eigenvalue weighted by atomic mass is 32.2. The van der Waals surface area contributed by atoms with Gasteiger partial charge in [0.2, 0.25) is 0 Å². The zero-order chi connectivity index (χ0) is 11.8. The summed E-state index contributed by atoms with van der Waals surface area (Å²) in [6.07, 6.45) is 0.675. The van der Waals surface area contributed by atoms with Gasteiger partial charge in [0, 0.05) is 6.54 Å². The molecule has 0 aromatic heterocycles. The van der Waals surface area contributed by atoms with E-state index >= 15 is 0 Å². The van der Waals surface area contributed by atoms with Crippen molar-refractivity contribution in [3.8, 4) is 0 Å². The number of hydrogen-bond acceptors (Lipinski definition) is 5. The highest BCUT2D eigenvalue weighted by molar-refractivity contribution is 7.98. The van der Waals surface area contributed by atoms with Crippen molar-refractivity contribution >= 4 is 23.7 Å². The molecule has 0 amide bonds. The first-order valence-electron chi connectivity index (χ1n) is 4.35. The van der Waals surface area contributed by atoms with Crippen LogP contribution in [0.15, 0.2) is 0 Å². The van der Waals surface area contributed by atoms with Gasteiger partial charge in [-0.1, -0.05) is 0 Å². The van der Waals surface area contributed by atoms with Crippen molar-refractivity contribution in [2.75, 3.05) is 18.6 Å². The van der Waals surface area contributed by atoms with Crippen LogP contribution in [0.3, 0.4) is 0 Å². The molecule has 0 radical (unpaired) electrons. The molecule has 6 nitrogen and oxygen atoms in total. The molecular weight excluding hydrogens is 222 g/mol. The summed E-state index contributed by atoms with van der Waals surface area (Å²) in [6.45, 7) is -0.263. The molecule has 0 heterocycles. The third-order valence-electron chi connectivity index (χ3n) is 1.75. The molecule has 0 aromatic rings. The molecule has 7 heteroatoms. The Hall–Kier alpha value is -0.790. The molecule has 2 atom stereocenters. The van der Waals surface area contributed by atoms with Crippen molar-refractivity contribution in [1.82, 2.24) is 5.32 Å². The quantitative estimate of drug-likeness (QED) is 0.439. The summed E-state index contributed by atoms with van der Waals surface area (Å²) in [5.74, 6) is -1.74. The van der Waals surface area contributed by atoms with Crippen LogP contribution in [-0.4, -0.2) is 58.0 Å². The van der Waals surface area contributed by atoms with Crippen molar-refractivity contribution < 1.29 is 24.9 Å². The van der Waals surface area contributed by atoms with E-state index in [1.807, 2.05) is 6.26 Å². The fraction of sp³-hybridized carbons (Fsp3) is 0.750. The Bertz CT molecular complexity index is 223. The normalized spacial score (nSPS) is 14.5. The summed E-state index contributed by atoms with van der Waals surface area (Å²) >= 11 is 1.51. The second-order valence-corrected chi connectivity index (χ2v) is 3.92. The topological polar surface area (TPSA) is 107 Å². The molecule has 0 aliphatic rings. The maximum Gasteiger partial charge on any atom is 0.333 e. The lowest BCUT2D eigenvalue weighted by molar-refractivity contribution is -0.147. The average Bonchev–Trinajstić information content (AvgIpc) is 2.16. The Balaban J connectivity index is 3.95. The van der Waals surface area contributed by atoms with Gasteiger partial charge in [-0.3, -0.25) is 4.79 Å². The van der Waals surface area contributed by atoms with Gasteiger partial charge >= 0.3 is 11.9 Å². The van der Waals surface area contributed by atoms with E-state index in [1.165, 1.54) is 11.8 Å². The molecule has 0 aromatic carbocycles. The Morgan fingerprint density at radius 3 is 2.33 bits per heavy atom. The fourth-order valence-electron chi connectivity index (χ4n) is 0.890. The number of nitrogens with one attached hydrogen (secondary N) is 1. The fourth-order valence-corrected chi connectivity index (χ4v) is 1.36. The van der Waals surface area contributed by atoms with E-state index in [1.54, 1.807) is 0 Å². The van der Waals surface area contributed by atoms with Crippen LogP contribution in [-0.2, 0) is 9.59 Å². The minimum atomic E-state index is -1.57. The van der Waals surface area contributed by atoms with Crippen LogP contribution in [0, 0.1) is 0 Å². The molecule has 0 aliphatic carbocycles. The number of rotatable bonds is 8. The Kier molecular flexibility index (Phi) is 7.10. The third-order valence-corrected chi connectivity index (χ3v) is 2.40. The van der Waals surface area contributed by atoms with E-state index < -0.39 is 24.1 Å². The van der Waals surface area contributed by atoms with E-state index in [-0.39, 0.29) is 6.54 Å². The van der Waals surface area contributed by atoms with Gasteiger partial charge < -0.3 is 20.6 Å². The van der Waals surface area contributed by atoms with Crippen LogP contribution in [0.1, 0.15) is 6.42 Å². The van der Waals surface area contributed by atoms with Gasteiger partial charge in [0.1, 0.15) is 6.04 Å². The highest BCUT2D eigenvalue weighted by Gasteiger charge is 2.20. The van der Waals surface area contributed by atoms with Crippen LogP contribution >= 0.6 is 11.8 Å². The number of carbonyl (C=O) groups is 2. The zero-order valence-electron chi connectivity index (χ0n) is 8.34. The minimum Gasteiger partial charge on any atom is -0.480 e. The largest absolute Gasteiger partial charge is 0.480 e. The van der Waals surface area contributed by atoms with Crippen molar-refractivity contribution in [2.45, 2.75) is 18.6 Å². The number of aliphatic carboxylic acids is 2. The molecule has 0 aliphatic heterocycles. The van der Waals surface area contributed by atoms with Gasteiger partial charge in [0.15, 0.2) is 6.10 Å². The van der Waals surface area contributed by atoms with Gasteiger partial charge in [0.25, 0.3) is 0 Å². The smallest absolute Gasteiger partial charge is 0.333 e. The van der Waals surface area contributed by atoms with Crippen molar-refractivity contribution in [3.63, 3.8) is 0 Å². The molecule has 1 unspecified atom stereocenters. The molecule has 0 spiro atoms. The summed E-state index contributed by atoms with van der Waals surface area (Å²) in [4.78, 5) is 20.9. The lowest BCUT2D eigenvalue weighted by atomic mass is 10.2. The predicted molar refractivity (Wildman–Crippen MR) is 56.1 cm³/mol. The first kappa shape index (κ1) is 14.2. The molecule has 0 fully saturated rings. The first-order chi connectivity index (χ1) is 6.99. The van der Waals surface area contributed by atoms with Crippen molar-refractivity contribution in [3.05, 3.63) is 0 Å². The third kappa shape index (κ3) is 6.32. The molecule has 88 valence electrons. The standard InChI is InChI=1S/C8H15NO5S/c1-15-3-2-5(7(11)12)9-4-6(10)8(13)14/h5-6,9-10H,2-4H2,1H3,(H,11,12)(H,13,14)/t5-,6?/m0/s1. The van der Waals surface area contributed by atoms with E-state index in [2.05, 4.69) is 5.32 Å². The van der Waals surface area contributed by atoms with Gasteiger partial charge in [-0.15, -0.1) is 0 Å². The summed E-state index contributed by atoms with van der Waals surface area (Å²) in [6, 6.07) is -0.813. The van der Waals surface area contributed by atoms with E-state index in [0.717, 1.165) is 0 Å². The summed E-state index contributed by atoms with van der Waals surface area (Å²) in [7, 11) is 0. The molecule has 0 saturated carbocycles. The van der Waals surface area contributed by atoms with Gasteiger partial charge in [0.05, 0.1) is 0 Å². The lowest BCUT2D eigenvalue weighted by Gasteiger charge is -2.14. The summed E-state index contributed by atoms with van der Waals surface area (Å²) < 4.78 is 0. The Labute approximate surface area is 91.7 Å². The SMILES string of the molecule is CSCC[C@H](NCC(O)C(=O)O)C(=O)O.